The minimum Gasteiger partial charge on any atom is -0.491 e. The molecule has 3 aliphatic heterocycles. The fourth-order valence-corrected chi connectivity index (χ4v) is 7.79. The summed E-state index contributed by atoms with van der Waals surface area (Å²) in [7, 11) is 0. The minimum atomic E-state index is -0.621. The Morgan fingerprint density at radius 2 is 1.78 bits per heavy atom. The van der Waals surface area contributed by atoms with Gasteiger partial charge >= 0.3 is 0 Å². The zero-order chi connectivity index (χ0) is 40.6. The number of amides is 4. The number of nitrogens with one attached hydrogen (secondary N) is 4. The van der Waals surface area contributed by atoms with E-state index in [0.717, 1.165) is 82.7 Å². The third-order valence-corrected chi connectivity index (χ3v) is 11.0. The molecule has 3 aromatic carbocycles. The maximum absolute atomic E-state index is 13.7. The van der Waals surface area contributed by atoms with E-state index in [-0.39, 0.29) is 29.2 Å². The van der Waals surface area contributed by atoms with E-state index >= 15 is 0 Å². The Morgan fingerprint density at radius 3 is 2.53 bits per heavy atom. The molecule has 4 amide bonds. The molecule has 2 saturated heterocycles. The van der Waals surface area contributed by atoms with E-state index in [0.29, 0.717) is 59.0 Å². The second kappa shape index (κ2) is 18.7. The zero-order valence-corrected chi connectivity index (χ0v) is 33.0. The lowest BCUT2D eigenvalue weighted by Gasteiger charge is -2.34. The van der Waals surface area contributed by atoms with Gasteiger partial charge in [-0.05, 0) is 74.7 Å². The Balaban J connectivity index is 0.816. The van der Waals surface area contributed by atoms with Gasteiger partial charge in [0, 0.05) is 86.2 Å². The normalized spacial score (nSPS) is 17.2. The third kappa shape index (κ3) is 9.72. The number of ether oxygens (including phenoxy) is 1. The summed E-state index contributed by atoms with van der Waals surface area (Å²) in [5, 5.41) is 12.5. The lowest BCUT2D eigenvalue weighted by Crippen LogP contribution is -2.52. The van der Waals surface area contributed by atoms with Crippen LogP contribution >= 0.6 is 11.6 Å². The Labute approximate surface area is 341 Å². The number of benzene rings is 3. The van der Waals surface area contributed by atoms with Gasteiger partial charge in [-0.2, -0.15) is 0 Å². The van der Waals surface area contributed by atoms with Crippen LogP contribution in [0.1, 0.15) is 54.4 Å². The molecule has 58 heavy (non-hydrogen) atoms. The predicted molar refractivity (Wildman–Crippen MR) is 221 cm³/mol. The molecule has 2 fully saturated rings. The number of piperazine rings is 1. The number of halogens is 2. The molecule has 3 aliphatic rings. The van der Waals surface area contributed by atoms with Gasteiger partial charge in [-0.1, -0.05) is 30.7 Å². The quantitative estimate of drug-likeness (QED) is 0.0587. The smallest absolute Gasteiger partial charge is 0.255 e. The number of nitrogens with zero attached hydrogens (tertiary/aromatic N) is 5. The molecule has 1 aromatic heterocycles. The molecule has 0 aliphatic carbocycles. The van der Waals surface area contributed by atoms with Crippen molar-refractivity contribution in [3.63, 3.8) is 0 Å². The van der Waals surface area contributed by atoms with Gasteiger partial charge in [0.1, 0.15) is 29.8 Å². The second-order valence-corrected chi connectivity index (χ2v) is 15.0. The van der Waals surface area contributed by atoms with Gasteiger partial charge in [-0.15, -0.1) is 0 Å². The Bertz CT molecular complexity index is 2200. The number of anilines is 4. The van der Waals surface area contributed by atoms with Gasteiger partial charge in [0.25, 0.3) is 5.91 Å². The Kier molecular flexibility index (Phi) is 13.1. The van der Waals surface area contributed by atoms with E-state index < -0.39 is 17.8 Å². The van der Waals surface area contributed by atoms with Crippen molar-refractivity contribution in [3.8, 4) is 5.75 Å². The number of fused-ring (bicyclic) bond motifs is 2. The molecule has 14 nitrogen and oxygen atoms in total. The van der Waals surface area contributed by atoms with E-state index in [1.54, 1.807) is 29.2 Å². The van der Waals surface area contributed by atoms with Gasteiger partial charge in [0.15, 0.2) is 0 Å². The van der Waals surface area contributed by atoms with Crippen LogP contribution < -0.4 is 26.0 Å². The highest BCUT2D eigenvalue weighted by Crippen LogP contribution is 2.35. The minimum absolute atomic E-state index is 0.0186. The topological polar surface area (TPSA) is 161 Å². The van der Waals surface area contributed by atoms with Crippen LogP contribution in [0.25, 0.3) is 10.9 Å². The molecule has 1 unspecified atom stereocenters. The molecule has 7 rings (SSSR count). The van der Waals surface area contributed by atoms with Crippen LogP contribution in [-0.4, -0.2) is 107 Å². The first kappa shape index (κ1) is 40.6. The molecule has 4 N–H and O–H groups in total. The lowest BCUT2D eigenvalue weighted by atomic mass is 10.0. The van der Waals surface area contributed by atoms with E-state index in [1.165, 1.54) is 24.5 Å². The number of unbranched alkanes of at least 4 members (excludes halogenated alkanes) is 2. The van der Waals surface area contributed by atoms with Crippen molar-refractivity contribution in [1.29, 1.82) is 0 Å². The number of imide groups is 1. The average Bonchev–Trinajstić information content (AvgIpc) is 3.56. The maximum Gasteiger partial charge on any atom is 0.255 e. The average molecular weight is 812 g/mol. The molecule has 0 bridgehead atoms. The number of hydrogen-bond donors (Lipinski definition) is 4. The van der Waals surface area contributed by atoms with Crippen LogP contribution in [0.5, 0.6) is 5.75 Å². The molecule has 304 valence electrons. The van der Waals surface area contributed by atoms with Crippen molar-refractivity contribution in [1.82, 2.24) is 30.0 Å². The summed E-state index contributed by atoms with van der Waals surface area (Å²) in [6.07, 6.45) is 7.18. The SMILES string of the molecule is C=CC(=O)Nc1cc2c(Nc3ccc(F)c(Cl)c3)ncnc2cc1OCCCN1CCN(CCCCCNc2cccc3c2CN(C2CCC(=O)NC2=O)C3=O)CC1. The first-order valence-corrected chi connectivity index (χ1v) is 20.1. The van der Waals surface area contributed by atoms with Crippen LogP contribution in [0, 0.1) is 5.82 Å². The van der Waals surface area contributed by atoms with Crippen LogP contribution in [0.3, 0.4) is 0 Å². The van der Waals surface area contributed by atoms with Gasteiger partial charge in [0.2, 0.25) is 17.7 Å². The molecule has 0 spiro atoms. The largest absolute Gasteiger partial charge is 0.491 e. The molecule has 0 radical (unpaired) electrons. The third-order valence-electron chi connectivity index (χ3n) is 10.8. The summed E-state index contributed by atoms with van der Waals surface area (Å²) in [6.45, 7) is 11.1. The summed E-state index contributed by atoms with van der Waals surface area (Å²) in [5.41, 5.74) is 4.05. The monoisotopic (exact) mass is 811 g/mol. The molecule has 4 aromatic rings. The summed E-state index contributed by atoms with van der Waals surface area (Å²) in [5.74, 6) is -0.822. The summed E-state index contributed by atoms with van der Waals surface area (Å²) < 4.78 is 19.9. The highest BCUT2D eigenvalue weighted by Gasteiger charge is 2.39. The molecular formula is C42H47ClFN9O5. The molecule has 4 heterocycles. The molecular weight excluding hydrogens is 765 g/mol. The summed E-state index contributed by atoms with van der Waals surface area (Å²) >= 11 is 5.97. The maximum atomic E-state index is 13.7. The fourth-order valence-electron chi connectivity index (χ4n) is 7.61. The van der Waals surface area contributed by atoms with Crippen molar-refractivity contribution in [2.75, 3.05) is 68.4 Å². The number of aromatic nitrogens is 2. The standard InChI is InChI=1S/C42H47ClFN9O5/c1-2-38(54)49-35-23-29-34(46-26-47-40(29)48-27-10-11-32(44)31(43)22-27)24-37(35)58-21-7-16-52-19-17-51(18-20-52)15-5-3-4-14-45-33-9-6-8-28-30(33)25-53(42(28)57)36-12-13-39(55)50-41(36)56/h2,6,8-11,22-24,26,36,45H,1,3-5,7,12-21,25H2,(H,49,54)(H,46,47,48)(H,50,55,56). The predicted octanol–water partition coefficient (Wildman–Crippen LogP) is 5.72. The first-order valence-electron chi connectivity index (χ1n) is 19.7. The van der Waals surface area contributed by atoms with Crippen molar-refractivity contribution in [3.05, 3.63) is 89.5 Å². The van der Waals surface area contributed by atoms with E-state index in [4.69, 9.17) is 16.3 Å². The molecule has 0 saturated carbocycles. The second-order valence-electron chi connectivity index (χ2n) is 14.6. The van der Waals surface area contributed by atoms with Crippen molar-refractivity contribution >= 4 is 69.0 Å². The number of carbonyl (C=O) groups is 4. The van der Waals surface area contributed by atoms with E-state index in [9.17, 15) is 23.6 Å². The highest BCUT2D eigenvalue weighted by molar-refractivity contribution is 6.31. The summed E-state index contributed by atoms with van der Waals surface area (Å²) in [6, 6.07) is 12.8. The van der Waals surface area contributed by atoms with Gasteiger partial charge in [-0.25, -0.2) is 14.4 Å². The summed E-state index contributed by atoms with van der Waals surface area (Å²) in [4.78, 5) is 64.8. The fraction of sp³-hybridized carbons (Fsp3) is 0.381. The van der Waals surface area contributed by atoms with E-state index in [1.807, 2.05) is 12.1 Å². The highest BCUT2D eigenvalue weighted by atomic mass is 35.5. The van der Waals surface area contributed by atoms with Crippen LogP contribution in [0.2, 0.25) is 5.02 Å². The number of hydrogen-bond acceptors (Lipinski definition) is 11. The van der Waals surface area contributed by atoms with Gasteiger partial charge in [-0.3, -0.25) is 24.5 Å². The number of rotatable bonds is 17. The number of carbonyl (C=O) groups excluding carboxylic acids is 4. The first-order chi connectivity index (χ1) is 28.2. The lowest BCUT2D eigenvalue weighted by molar-refractivity contribution is -0.137. The van der Waals surface area contributed by atoms with Crippen LogP contribution in [-0.2, 0) is 20.9 Å². The Morgan fingerprint density at radius 1 is 0.983 bits per heavy atom. The van der Waals surface area contributed by atoms with Crippen LogP contribution in [0.15, 0.2) is 67.5 Å². The van der Waals surface area contributed by atoms with Crippen LogP contribution in [0.4, 0.5) is 27.3 Å². The van der Waals surface area contributed by atoms with Gasteiger partial charge < -0.3 is 35.4 Å². The number of piperidine rings is 1. The van der Waals surface area contributed by atoms with Crippen molar-refractivity contribution in [2.45, 2.75) is 51.1 Å². The van der Waals surface area contributed by atoms with Crippen molar-refractivity contribution < 1.29 is 28.3 Å². The van der Waals surface area contributed by atoms with Crippen molar-refractivity contribution in [2.24, 2.45) is 0 Å². The molecule has 1 atom stereocenters. The molecule has 16 heteroatoms. The van der Waals surface area contributed by atoms with Gasteiger partial charge in [0.05, 0.1) is 22.8 Å². The zero-order valence-electron chi connectivity index (χ0n) is 32.2. The Hall–Kier alpha value is -5.64. The van der Waals surface area contributed by atoms with E-state index in [2.05, 4.69) is 47.6 Å².